The van der Waals surface area contributed by atoms with Crippen LogP contribution in [0.4, 0.5) is 0 Å². The Kier molecular flexibility index (Phi) is 3.99. The molecule has 0 saturated carbocycles. The summed E-state index contributed by atoms with van der Waals surface area (Å²) < 4.78 is 18.0. The zero-order valence-corrected chi connectivity index (χ0v) is 9.68. The number of nitrogens with one attached hydrogen (secondary N) is 1. The number of aliphatic imine (C=N–C) groups is 1. The van der Waals surface area contributed by atoms with E-state index in [1.165, 1.54) is 13.1 Å². The minimum Gasteiger partial charge on any atom is -0.385 e. The van der Waals surface area contributed by atoms with Gasteiger partial charge in [0.1, 0.15) is 9.92 Å². The van der Waals surface area contributed by atoms with Gasteiger partial charge in [-0.25, -0.2) is 14.1 Å². The van der Waals surface area contributed by atoms with Gasteiger partial charge in [-0.3, -0.25) is 4.99 Å². The van der Waals surface area contributed by atoms with Crippen molar-refractivity contribution in [3.8, 4) is 0 Å². The lowest BCUT2D eigenvalue weighted by atomic mass is 10.1. The SMILES string of the molecule is C/C(=C\N=C(/C)C(C)(C)O)S(=N)(N)=O. The first-order valence-electron chi connectivity index (χ1n) is 4.05. The fraction of sp³-hybridized carbons (Fsp3) is 0.625. The van der Waals surface area contributed by atoms with Gasteiger partial charge in [-0.1, -0.05) is 0 Å². The molecule has 4 N–H and O–H groups in total. The van der Waals surface area contributed by atoms with Crippen LogP contribution < -0.4 is 5.14 Å². The van der Waals surface area contributed by atoms with Crippen molar-refractivity contribution in [2.45, 2.75) is 33.3 Å². The Morgan fingerprint density at radius 1 is 1.57 bits per heavy atom. The Morgan fingerprint density at radius 3 is 2.29 bits per heavy atom. The zero-order valence-electron chi connectivity index (χ0n) is 8.87. The summed E-state index contributed by atoms with van der Waals surface area (Å²) >= 11 is 0. The molecule has 0 amide bonds. The minimum atomic E-state index is -3.17. The lowest BCUT2D eigenvalue weighted by Gasteiger charge is -2.15. The van der Waals surface area contributed by atoms with Crippen molar-refractivity contribution >= 4 is 15.6 Å². The highest BCUT2D eigenvalue weighted by Gasteiger charge is 2.15. The molecule has 0 aromatic rings. The maximum atomic E-state index is 11.0. The first-order valence-corrected chi connectivity index (χ1v) is 5.68. The molecule has 14 heavy (non-hydrogen) atoms. The number of hydrogen-bond donors (Lipinski definition) is 3. The third-order valence-corrected chi connectivity index (χ3v) is 2.87. The predicted octanol–water partition coefficient (Wildman–Crippen LogP) is 1.000. The molecule has 0 heterocycles. The molecule has 0 aromatic carbocycles. The Bertz CT molecular complexity index is 361. The molecule has 1 unspecified atom stereocenters. The van der Waals surface area contributed by atoms with Crippen LogP contribution in [0.5, 0.6) is 0 Å². The molecule has 0 spiro atoms. The first-order chi connectivity index (χ1) is 6.05. The summed E-state index contributed by atoms with van der Waals surface area (Å²) in [5.74, 6) is 0. The molecule has 0 aliphatic carbocycles. The van der Waals surface area contributed by atoms with E-state index in [9.17, 15) is 9.32 Å². The summed E-state index contributed by atoms with van der Waals surface area (Å²) in [5.41, 5.74) is -0.547. The Morgan fingerprint density at radius 2 is 2.00 bits per heavy atom. The third-order valence-electron chi connectivity index (χ3n) is 1.80. The fourth-order valence-corrected chi connectivity index (χ4v) is 0.633. The van der Waals surface area contributed by atoms with Crippen molar-refractivity contribution in [1.29, 1.82) is 4.78 Å². The van der Waals surface area contributed by atoms with E-state index in [1.807, 2.05) is 0 Å². The quantitative estimate of drug-likeness (QED) is 0.617. The molecule has 0 radical (unpaired) electrons. The summed E-state index contributed by atoms with van der Waals surface area (Å²) in [5, 5.41) is 14.6. The molecule has 82 valence electrons. The van der Waals surface area contributed by atoms with Gasteiger partial charge in [0, 0.05) is 11.9 Å². The van der Waals surface area contributed by atoms with Crippen molar-refractivity contribution < 1.29 is 9.32 Å². The number of rotatable bonds is 3. The zero-order chi connectivity index (χ0) is 11.6. The highest BCUT2D eigenvalue weighted by atomic mass is 32.2. The molecular formula is C8H17N3O2S. The summed E-state index contributed by atoms with van der Waals surface area (Å²) in [6, 6.07) is 0. The second-order valence-corrected chi connectivity index (χ2v) is 5.46. The van der Waals surface area contributed by atoms with E-state index in [0.29, 0.717) is 5.71 Å². The normalized spacial score (nSPS) is 19.3. The van der Waals surface area contributed by atoms with Crippen LogP contribution in [-0.2, 0) is 9.92 Å². The van der Waals surface area contributed by atoms with Crippen LogP contribution in [0.3, 0.4) is 0 Å². The van der Waals surface area contributed by atoms with Crippen LogP contribution in [0.25, 0.3) is 0 Å². The van der Waals surface area contributed by atoms with Crippen LogP contribution in [0.1, 0.15) is 27.7 Å². The average Bonchev–Trinajstić information content (AvgIpc) is 1.95. The second kappa shape index (κ2) is 4.20. The topological polar surface area (TPSA) is 99.5 Å². The molecule has 0 aliphatic rings. The highest BCUT2D eigenvalue weighted by Crippen LogP contribution is 2.06. The maximum Gasteiger partial charge on any atom is 0.129 e. The average molecular weight is 219 g/mol. The first kappa shape index (κ1) is 13.3. The number of aliphatic hydroxyl groups is 1. The number of hydrogen-bond acceptors (Lipinski definition) is 4. The van der Waals surface area contributed by atoms with Crippen molar-refractivity contribution in [1.82, 2.24) is 0 Å². The third kappa shape index (κ3) is 4.50. The number of nitrogens with zero attached hydrogens (tertiary/aromatic N) is 1. The standard InChI is InChI=1S/C8H17N3O2S/c1-6(14(9,10)13)5-11-7(2)8(3,4)12/h5,12H,1-4H3,(H3,9,10,13)/b6-5+,11-7+. The van der Waals surface area contributed by atoms with Gasteiger partial charge < -0.3 is 5.11 Å². The number of nitrogens with two attached hydrogens (primary N) is 1. The van der Waals surface area contributed by atoms with E-state index in [2.05, 4.69) is 4.99 Å². The second-order valence-electron chi connectivity index (χ2n) is 3.61. The lowest BCUT2D eigenvalue weighted by Crippen LogP contribution is -2.28. The molecule has 5 nitrogen and oxygen atoms in total. The van der Waals surface area contributed by atoms with Gasteiger partial charge in [0.15, 0.2) is 0 Å². The Balaban J connectivity index is 4.92. The monoisotopic (exact) mass is 219 g/mol. The summed E-state index contributed by atoms with van der Waals surface area (Å²) in [6.07, 6.45) is 1.25. The number of allylic oxidation sites excluding steroid dienone is 1. The van der Waals surface area contributed by atoms with Crippen LogP contribution in [-0.4, -0.2) is 20.6 Å². The molecule has 0 aromatic heterocycles. The van der Waals surface area contributed by atoms with E-state index in [-0.39, 0.29) is 4.91 Å². The summed E-state index contributed by atoms with van der Waals surface area (Å²) in [7, 11) is -3.17. The minimum absolute atomic E-state index is 0.182. The predicted molar refractivity (Wildman–Crippen MR) is 58.2 cm³/mol. The molecule has 0 fully saturated rings. The van der Waals surface area contributed by atoms with Gasteiger partial charge >= 0.3 is 0 Å². The van der Waals surface area contributed by atoms with Crippen LogP contribution in [0.15, 0.2) is 16.1 Å². The summed E-state index contributed by atoms with van der Waals surface area (Å²) in [4.78, 5) is 4.07. The van der Waals surface area contributed by atoms with Gasteiger partial charge in [0.25, 0.3) is 0 Å². The molecular weight excluding hydrogens is 202 g/mol. The lowest BCUT2D eigenvalue weighted by molar-refractivity contribution is 0.153. The molecule has 0 rings (SSSR count). The molecule has 1 atom stereocenters. The van der Waals surface area contributed by atoms with Crippen molar-refractivity contribution in [2.24, 2.45) is 10.1 Å². The van der Waals surface area contributed by atoms with Crippen molar-refractivity contribution in [2.75, 3.05) is 0 Å². The highest BCUT2D eigenvalue weighted by molar-refractivity contribution is 7.94. The smallest absolute Gasteiger partial charge is 0.129 e. The largest absolute Gasteiger partial charge is 0.385 e. The van der Waals surface area contributed by atoms with Crippen LogP contribution in [0, 0.1) is 4.78 Å². The Labute approximate surface area is 84.8 Å². The van der Waals surface area contributed by atoms with E-state index in [0.717, 1.165) is 0 Å². The van der Waals surface area contributed by atoms with E-state index < -0.39 is 15.5 Å². The Hall–Kier alpha value is -0.720. The van der Waals surface area contributed by atoms with Crippen molar-refractivity contribution in [3.05, 3.63) is 11.1 Å². The van der Waals surface area contributed by atoms with Gasteiger partial charge in [0.2, 0.25) is 0 Å². The van der Waals surface area contributed by atoms with Crippen molar-refractivity contribution in [3.63, 3.8) is 0 Å². The fourth-order valence-electron chi connectivity index (χ4n) is 0.424. The van der Waals surface area contributed by atoms with Gasteiger partial charge in [-0.15, -0.1) is 0 Å². The summed E-state index contributed by atoms with van der Waals surface area (Å²) in [6.45, 7) is 6.30. The molecule has 6 heteroatoms. The van der Waals surface area contributed by atoms with E-state index >= 15 is 0 Å². The van der Waals surface area contributed by atoms with Crippen LogP contribution in [0.2, 0.25) is 0 Å². The molecule has 0 saturated heterocycles. The van der Waals surface area contributed by atoms with Gasteiger partial charge in [-0.05, 0) is 27.7 Å². The maximum absolute atomic E-state index is 11.0. The molecule has 0 aliphatic heterocycles. The van der Waals surface area contributed by atoms with Gasteiger partial charge in [0.05, 0.1) is 10.5 Å². The molecule has 0 bridgehead atoms. The van der Waals surface area contributed by atoms with E-state index in [4.69, 9.17) is 9.92 Å². The van der Waals surface area contributed by atoms with E-state index in [1.54, 1.807) is 20.8 Å². The van der Waals surface area contributed by atoms with Crippen LogP contribution >= 0.6 is 0 Å². The van der Waals surface area contributed by atoms with Gasteiger partial charge in [-0.2, -0.15) is 0 Å².